The first-order valence-corrected chi connectivity index (χ1v) is 7.16. The summed E-state index contributed by atoms with van der Waals surface area (Å²) in [6, 6.07) is 0.929. The number of carbonyl (C=O) groups is 1. The van der Waals surface area contributed by atoms with Gasteiger partial charge in [0.05, 0.1) is 0 Å². The number of rotatable bonds is 3. The van der Waals surface area contributed by atoms with Gasteiger partial charge in [0.2, 0.25) is 5.91 Å². The number of halogens is 1. The number of carbonyl (C=O) groups excluding carboxylic acids is 1. The van der Waals surface area contributed by atoms with Gasteiger partial charge in [-0.25, -0.2) is 0 Å². The Hall–Kier alpha value is -0.280. The summed E-state index contributed by atoms with van der Waals surface area (Å²) in [5.74, 6) is 1.12. The van der Waals surface area contributed by atoms with Crippen LogP contribution in [0.1, 0.15) is 51.9 Å². The highest BCUT2D eigenvalue weighted by molar-refractivity contribution is 5.85. The molecule has 4 heteroatoms. The van der Waals surface area contributed by atoms with Crippen LogP contribution in [0.3, 0.4) is 0 Å². The molecule has 2 rings (SSSR count). The van der Waals surface area contributed by atoms with Crippen molar-refractivity contribution >= 4 is 18.3 Å². The van der Waals surface area contributed by atoms with Crippen molar-refractivity contribution in [1.29, 1.82) is 0 Å². The fraction of sp³-hybridized carbons (Fsp3) is 0.929. The zero-order chi connectivity index (χ0) is 12.3. The number of hydrogen-bond acceptors (Lipinski definition) is 2. The van der Waals surface area contributed by atoms with Gasteiger partial charge < -0.3 is 10.2 Å². The predicted octanol–water partition coefficient (Wildman–Crippen LogP) is 2.59. The summed E-state index contributed by atoms with van der Waals surface area (Å²) in [5.41, 5.74) is 0. The van der Waals surface area contributed by atoms with Crippen molar-refractivity contribution in [1.82, 2.24) is 10.2 Å². The number of hydrogen-bond donors (Lipinski definition) is 1. The molecule has 0 radical (unpaired) electrons. The van der Waals surface area contributed by atoms with E-state index in [0.717, 1.165) is 12.5 Å². The van der Waals surface area contributed by atoms with Crippen molar-refractivity contribution in [3.63, 3.8) is 0 Å². The summed E-state index contributed by atoms with van der Waals surface area (Å²) >= 11 is 0. The van der Waals surface area contributed by atoms with Gasteiger partial charge in [-0.15, -0.1) is 12.4 Å². The lowest BCUT2D eigenvalue weighted by Crippen LogP contribution is -2.42. The summed E-state index contributed by atoms with van der Waals surface area (Å²) in [5, 5.41) is 3.41. The standard InChI is InChI=1S/C14H26N2O.ClH/c1-11-5-3-7-13(9-11)16(2)14(17)10-12-6-4-8-15-12;/h11-13,15H,3-10H2,1-2H3;1H. The third kappa shape index (κ3) is 4.13. The van der Waals surface area contributed by atoms with Crippen molar-refractivity contribution < 1.29 is 4.79 Å². The van der Waals surface area contributed by atoms with E-state index in [2.05, 4.69) is 12.2 Å². The van der Waals surface area contributed by atoms with Gasteiger partial charge in [-0.05, 0) is 38.1 Å². The fourth-order valence-electron chi connectivity index (χ4n) is 3.24. The lowest BCUT2D eigenvalue weighted by Gasteiger charge is -2.34. The van der Waals surface area contributed by atoms with Crippen molar-refractivity contribution in [2.45, 2.75) is 64.0 Å². The Kier molecular flexibility index (Phi) is 6.44. The average molecular weight is 275 g/mol. The summed E-state index contributed by atoms with van der Waals surface area (Å²) in [4.78, 5) is 14.2. The lowest BCUT2D eigenvalue weighted by atomic mass is 9.86. The van der Waals surface area contributed by atoms with Crippen LogP contribution in [0.4, 0.5) is 0 Å². The quantitative estimate of drug-likeness (QED) is 0.858. The molecule has 3 atom stereocenters. The molecule has 18 heavy (non-hydrogen) atoms. The Morgan fingerprint density at radius 2 is 2.06 bits per heavy atom. The van der Waals surface area contributed by atoms with Crippen molar-refractivity contribution in [2.75, 3.05) is 13.6 Å². The molecule has 3 unspecified atom stereocenters. The second-order valence-corrected chi connectivity index (χ2v) is 5.93. The highest BCUT2D eigenvalue weighted by Gasteiger charge is 2.27. The van der Waals surface area contributed by atoms with Gasteiger partial charge in [-0.1, -0.05) is 19.8 Å². The van der Waals surface area contributed by atoms with Gasteiger partial charge in [0.25, 0.3) is 0 Å². The molecule has 106 valence electrons. The predicted molar refractivity (Wildman–Crippen MR) is 77.1 cm³/mol. The first-order valence-electron chi connectivity index (χ1n) is 7.16. The Balaban J connectivity index is 0.00000162. The molecule has 1 saturated carbocycles. The van der Waals surface area contributed by atoms with Crippen LogP contribution in [0, 0.1) is 5.92 Å². The number of nitrogens with one attached hydrogen (secondary N) is 1. The summed E-state index contributed by atoms with van der Waals surface area (Å²) < 4.78 is 0. The van der Waals surface area contributed by atoms with Crippen LogP contribution < -0.4 is 5.32 Å². The van der Waals surface area contributed by atoms with Gasteiger partial charge >= 0.3 is 0 Å². The van der Waals surface area contributed by atoms with Gasteiger partial charge in [0, 0.05) is 25.6 Å². The molecule has 0 aromatic heterocycles. The lowest BCUT2D eigenvalue weighted by molar-refractivity contribution is -0.133. The topological polar surface area (TPSA) is 32.3 Å². The minimum Gasteiger partial charge on any atom is -0.343 e. The monoisotopic (exact) mass is 274 g/mol. The maximum absolute atomic E-state index is 12.2. The molecule has 0 bridgehead atoms. The summed E-state index contributed by atoms with van der Waals surface area (Å²) in [6.45, 7) is 3.39. The van der Waals surface area contributed by atoms with E-state index in [9.17, 15) is 4.79 Å². The highest BCUT2D eigenvalue weighted by Crippen LogP contribution is 2.27. The Labute approximate surface area is 117 Å². The van der Waals surface area contributed by atoms with E-state index in [1.54, 1.807) is 0 Å². The largest absolute Gasteiger partial charge is 0.343 e. The van der Waals surface area contributed by atoms with Crippen molar-refractivity contribution in [3.8, 4) is 0 Å². The smallest absolute Gasteiger partial charge is 0.224 e. The van der Waals surface area contributed by atoms with Crippen LogP contribution in [0.25, 0.3) is 0 Å². The second-order valence-electron chi connectivity index (χ2n) is 5.93. The van der Waals surface area contributed by atoms with Gasteiger partial charge in [0.15, 0.2) is 0 Å². The first kappa shape index (κ1) is 15.8. The SMILES string of the molecule is CC1CCCC(N(C)C(=O)CC2CCCN2)C1.Cl. The Bertz CT molecular complexity index is 267. The van der Waals surface area contributed by atoms with Gasteiger partial charge in [-0.3, -0.25) is 4.79 Å². The van der Waals surface area contributed by atoms with Crippen LogP contribution in [0.15, 0.2) is 0 Å². The molecule has 1 heterocycles. The molecule has 1 saturated heterocycles. The maximum atomic E-state index is 12.2. The third-order valence-corrected chi connectivity index (χ3v) is 4.43. The Morgan fingerprint density at radius 3 is 2.67 bits per heavy atom. The molecule has 1 N–H and O–H groups in total. The Morgan fingerprint density at radius 1 is 1.28 bits per heavy atom. The minimum atomic E-state index is 0. The second kappa shape index (κ2) is 7.34. The molecular formula is C14H27ClN2O. The van der Waals surface area contributed by atoms with Crippen LogP contribution in [0.2, 0.25) is 0 Å². The van der Waals surface area contributed by atoms with E-state index in [1.165, 1.54) is 38.5 Å². The van der Waals surface area contributed by atoms with Crippen molar-refractivity contribution in [3.05, 3.63) is 0 Å². The van der Waals surface area contributed by atoms with Crippen LogP contribution >= 0.6 is 12.4 Å². The minimum absolute atomic E-state index is 0. The van der Waals surface area contributed by atoms with E-state index in [0.29, 0.717) is 24.4 Å². The van der Waals surface area contributed by atoms with E-state index in [1.807, 2.05) is 11.9 Å². The number of nitrogens with zero attached hydrogens (tertiary/aromatic N) is 1. The highest BCUT2D eigenvalue weighted by atomic mass is 35.5. The zero-order valence-electron chi connectivity index (χ0n) is 11.7. The van der Waals surface area contributed by atoms with E-state index in [4.69, 9.17) is 0 Å². The van der Waals surface area contributed by atoms with E-state index >= 15 is 0 Å². The molecule has 0 aromatic rings. The molecule has 3 nitrogen and oxygen atoms in total. The van der Waals surface area contributed by atoms with Gasteiger partial charge in [0.1, 0.15) is 0 Å². The van der Waals surface area contributed by atoms with E-state index in [-0.39, 0.29) is 12.4 Å². The molecule has 0 aromatic carbocycles. The normalized spacial score (nSPS) is 31.8. The molecule has 2 fully saturated rings. The van der Waals surface area contributed by atoms with Gasteiger partial charge in [-0.2, -0.15) is 0 Å². The molecule has 1 amide bonds. The molecule has 2 aliphatic rings. The summed E-state index contributed by atoms with van der Waals surface area (Å²) in [7, 11) is 2.00. The molecular weight excluding hydrogens is 248 g/mol. The average Bonchev–Trinajstić information content (AvgIpc) is 2.80. The maximum Gasteiger partial charge on any atom is 0.224 e. The van der Waals surface area contributed by atoms with Crippen LogP contribution in [-0.2, 0) is 4.79 Å². The van der Waals surface area contributed by atoms with Crippen LogP contribution in [0.5, 0.6) is 0 Å². The third-order valence-electron chi connectivity index (χ3n) is 4.43. The van der Waals surface area contributed by atoms with Crippen LogP contribution in [-0.4, -0.2) is 36.5 Å². The molecule has 1 aliphatic carbocycles. The number of amides is 1. The van der Waals surface area contributed by atoms with Crippen molar-refractivity contribution in [2.24, 2.45) is 5.92 Å². The molecule has 0 spiro atoms. The first-order chi connectivity index (χ1) is 8.16. The van der Waals surface area contributed by atoms with E-state index < -0.39 is 0 Å². The molecule has 1 aliphatic heterocycles. The zero-order valence-corrected chi connectivity index (χ0v) is 12.5. The summed E-state index contributed by atoms with van der Waals surface area (Å²) in [6.07, 6.45) is 8.10. The fourth-order valence-corrected chi connectivity index (χ4v) is 3.24.